The van der Waals surface area contributed by atoms with Crippen LogP contribution >= 0.6 is 0 Å². The van der Waals surface area contributed by atoms with Gasteiger partial charge in [-0.05, 0) is 25.7 Å². The van der Waals surface area contributed by atoms with E-state index in [9.17, 15) is 39.6 Å². The molecule has 1 saturated heterocycles. The Morgan fingerprint density at radius 3 is 1.42 bits per heavy atom. The summed E-state index contributed by atoms with van der Waals surface area (Å²) < 4.78 is 6.08. The molecule has 13 heteroatoms. The van der Waals surface area contributed by atoms with Crippen molar-refractivity contribution in [3.63, 3.8) is 0 Å². The number of amides is 2. The lowest BCUT2D eigenvalue weighted by Gasteiger charge is -2.53. The number of aliphatic hydroxyl groups excluding tert-OH is 4. The number of carboxylic acids is 1. The van der Waals surface area contributed by atoms with Gasteiger partial charge in [-0.3, -0.25) is 24.9 Å². The average molecular weight is 856 g/mol. The van der Waals surface area contributed by atoms with Crippen LogP contribution in [0.25, 0.3) is 0 Å². The molecule has 1 aliphatic rings. The highest BCUT2D eigenvalue weighted by Gasteiger charge is 2.59. The minimum atomic E-state index is -2.28. The number of aliphatic carboxylic acids is 1. The maximum absolute atomic E-state index is 14.2. The molecule has 0 aromatic rings. The number of nitrogens with zero attached hydrogens (tertiary/aromatic N) is 1. The molecule has 0 radical (unpaired) electrons. The van der Waals surface area contributed by atoms with Gasteiger partial charge in [0.25, 0.3) is 0 Å². The first kappa shape index (κ1) is 55.9. The number of carbonyl (C=O) groups excluding carboxylic acids is 3. The number of carbonyl (C=O) groups is 4. The van der Waals surface area contributed by atoms with E-state index in [1.54, 1.807) is 0 Å². The topological polar surface area (TPSA) is 220 Å². The van der Waals surface area contributed by atoms with Gasteiger partial charge < -0.3 is 40.5 Å². The SMILES string of the molecule is CCCCCCCCCCCCCCCCCCN(C(=O)CCCCCCCCCCC)[C@]1(N)O[C@H](CO)[C@@H](O)[C@H](O)[C@H]1C(=O)[C@H](CO)NC(=O)CCCCCCC(=O)O. The first-order valence-corrected chi connectivity index (χ1v) is 24.4. The third-order valence-electron chi connectivity index (χ3n) is 12.2. The van der Waals surface area contributed by atoms with E-state index in [-0.39, 0.29) is 31.7 Å². The quantitative estimate of drug-likeness (QED) is 0.0233. The Balaban J connectivity index is 2.97. The Morgan fingerprint density at radius 1 is 0.600 bits per heavy atom. The first-order valence-electron chi connectivity index (χ1n) is 24.4. The molecule has 2 amide bonds. The molecule has 1 rings (SSSR count). The molecule has 0 aromatic heterocycles. The molecule has 352 valence electrons. The van der Waals surface area contributed by atoms with E-state index in [0.717, 1.165) is 51.4 Å². The predicted octanol–water partition coefficient (Wildman–Crippen LogP) is 7.81. The highest BCUT2D eigenvalue weighted by Crippen LogP contribution is 2.37. The second-order valence-corrected chi connectivity index (χ2v) is 17.5. The second kappa shape index (κ2) is 35.3. The summed E-state index contributed by atoms with van der Waals surface area (Å²) >= 11 is 0. The highest BCUT2D eigenvalue weighted by molar-refractivity contribution is 5.92. The van der Waals surface area contributed by atoms with Crippen molar-refractivity contribution in [2.24, 2.45) is 11.7 Å². The van der Waals surface area contributed by atoms with Gasteiger partial charge in [-0.15, -0.1) is 0 Å². The van der Waals surface area contributed by atoms with E-state index < -0.39 is 67.0 Å². The van der Waals surface area contributed by atoms with E-state index in [0.29, 0.717) is 38.5 Å². The Hall–Kier alpha value is -2.16. The van der Waals surface area contributed by atoms with Gasteiger partial charge >= 0.3 is 5.97 Å². The molecule has 8 N–H and O–H groups in total. The lowest BCUT2D eigenvalue weighted by molar-refractivity contribution is -0.292. The molecule has 0 aromatic carbocycles. The Morgan fingerprint density at radius 2 is 1.00 bits per heavy atom. The lowest BCUT2D eigenvalue weighted by Crippen LogP contribution is -2.76. The standard InChI is InChI=1S/C47H89N3O10/c1-3-5-7-9-11-13-14-15-16-17-18-19-21-23-27-31-35-50(41(54)33-29-24-22-20-12-10-8-6-4-2)47(48)43(46(59)45(58)39(37-52)60-47)44(57)38(36-51)49-40(53)32-28-25-26-30-34-42(55)56/h38-39,43,45-46,51-52,58-59H,3-37,48H2,1-2H3,(H,49,53)(H,55,56)/t38-,39+,43+,45+,46+,47-/m0/s1. The number of ether oxygens (including phenoxy) is 1. The van der Waals surface area contributed by atoms with Crippen molar-refractivity contribution in [3.05, 3.63) is 0 Å². The van der Waals surface area contributed by atoms with Crippen LogP contribution in [0.15, 0.2) is 0 Å². The van der Waals surface area contributed by atoms with Crippen molar-refractivity contribution in [1.82, 2.24) is 10.2 Å². The average Bonchev–Trinajstić information content (AvgIpc) is 3.22. The zero-order valence-corrected chi connectivity index (χ0v) is 37.9. The molecule has 0 unspecified atom stereocenters. The van der Waals surface area contributed by atoms with Gasteiger partial charge in [0.2, 0.25) is 17.7 Å². The van der Waals surface area contributed by atoms with Gasteiger partial charge in [0.1, 0.15) is 24.2 Å². The number of unbranched alkanes of at least 4 members (excludes halogenated alkanes) is 26. The van der Waals surface area contributed by atoms with Crippen LogP contribution < -0.4 is 11.1 Å². The number of aliphatic hydroxyl groups is 4. The maximum atomic E-state index is 14.2. The van der Waals surface area contributed by atoms with E-state index in [2.05, 4.69) is 19.2 Å². The Labute approximate surface area is 363 Å². The molecule has 13 nitrogen and oxygen atoms in total. The lowest BCUT2D eigenvalue weighted by atomic mass is 9.80. The van der Waals surface area contributed by atoms with Crippen molar-refractivity contribution in [2.45, 2.75) is 250 Å². The number of nitrogens with two attached hydrogens (primary N) is 1. The number of hydrogen-bond acceptors (Lipinski definition) is 10. The van der Waals surface area contributed by atoms with Crippen molar-refractivity contribution < 1.29 is 49.4 Å². The molecule has 0 bridgehead atoms. The first-order chi connectivity index (χ1) is 29.0. The summed E-state index contributed by atoms with van der Waals surface area (Å²) in [6.45, 7) is 3.00. The summed E-state index contributed by atoms with van der Waals surface area (Å²) in [4.78, 5) is 53.3. The number of rotatable bonds is 40. The molecular weight excluding hydrogens is 767 g/mol. The largest absolute Gasteiger partial charge is 0.481 e. The van der Waals surface area contributed by atoms with Crippen LogP contribution in [0.2, 0.25) is 0 Å². The molecule has 1 aliphatic heterocycles. The Kier molecular flexibility index (Phi) is 32.9. The predicted molar refractivity (Wildman–Crippen MR) is 237 cm³/mol. The molecule has 6 atom stereocenters. The van der Waals surface area contributed by atoms with Gasteiger partial charge in [0.15, 0.2) is 5.78 Å². The summed E-state index contributed by atoms with van der Waals surface area (Å²) in [7, 11) is 0. The zero-order valence-electron chi connectivity index (χ0n) is 37.9. The number of Topliss-reactive ketones (excluding diaryl/α,β-unsaturated/α-hetero) is 1. The number of ketones is 1. The van der Waals surface area contributed by atoms with E-state index >= 15 is 0 Å². The monoisotopic (exact) mass is 856 g/mol. The van der Waals surface area contributed by atoms with E-state index in [4.69, 9.17) is 15.6 Å². The van der Waals surface area contributed by atoms with E-state index in [1.807, 2.05) is 0 Å². The molecule has 1 heterocycles. The molecule has 0 spiro atoms. The summed E-state index contributed by atoms with van der Waals surface area (Å²) in [5, 5.41) is 54.2. The van der Waals surface area contributed by atoms with Crippen LogP contribution in [0.1, 0.15) is 219 Å². The van der Waals surface area contributed by atoms with E-state index in [1.165, 1.54) is 101 Å². The third-order valence-corrected chi connectivity index (χ3v) is 12.2. The van der Waals surface area contributed by atoms with Crippen molar-refractivity contribution in [2.75, 3.05) is 19.8 Å². The minimum Gasteiger partial charge on any atom is -0.481 e. The van der Waals surface area contributed by atoms with Crippen LogP contribution in [0.3, 0.4) is 0 Å². The van der Waals surface area contributed by atoms with Crippen LogP contribution in [-0.4, -0.2) is 104 Å². The second-order valence-electron chi connectivity index (χ2n) is 17.5. The summed E-state index contributed by atoms with van der Waals surface area (Å²) in [6.07, 6.45) is 25.7. The van der Waals surface area contributed by atoms with Crippen molar-refractivity contribution in [1.29, 1.82) is 0 Å². The fraction of sp³-hybridized carbons (Fsp3) is 0.915. The fourth-order valence-corrected chi connectivity index (χ4v) is 8.44. The summed E-state index contributed by atoms with van der Waals surface area (Å²) in [5.74, 6) is -6.72. The number of nitrogens with one attached hydrogen (secondary N) is 1. The number of carboxylic acid groups (broad SMARTS) is 1. The fourth-order valence-electron chi connectivity index (χ4n) is 8.44. The van der Waals surface area contributed by atoms with Gasteiger partial charge in [-0.2, -0.15) is 0 Å². The maximum Gasteiger partial charge on any atom is 0.303 e. The van der Waals surface area contributed by atoms with Crippen molar-refractivity contribution >= 4 is 23.6 Å². The van der Waals surface area contributed by atoms with Crippen LogP contribution in [-0.2, 0) is 23.9 Å². The summed E-state index contributed by atoms with van der Waals surface area (Å²) in [5.41, 5.74) is 6.96. The normalized spacial score (nSPS) is 20.9. The van der Waals surface area contributed by atoms with Gasteiger partial charge in [0, 0.05) is 25.8 Å². The van der Waals surface area contributed by atoms with Crippen LogP contribution in [0.4, 0.5) is 0 Å². The van der Waals surface area contributed by atoms with Gasteiger partial charge in [0.05, 0.1) is 19.3 Å². The Bertz CT molecular complexity index is 1130. The smallest absolute Gasteiger partial charge is 0.303 e. The van der Waals surface area contributed by atoms with Crippen LogP contribution in [0, 0.1) is 5.92 Å². The van der Waals surface area contributed by atoms with Gasteiger partial charge in [-0.1, -0.05) is 174 Å². The summed E-state index contributed by atoms with van der Waals surface area (Å²) in [6, 6.07) is -1.52. The molecule has 0 saturated carbocycles. The molecule has 0 aliphatic carbocycles. The minimum absolute atomic E-state index is 0.0200. The highest BCUT2D eigenvalue weighted by atomic mass is 16.6. The number of hydrogen-bond donors (Lipinski definition) is 7. The molecule has 60 heavy (non-hydrogen) atoms. The molecule has 1 fully saturated rings. The van der Waals surface area contributed by atoms with Gasteiger partial charge in [-0.25, -0.2) is 0 Å². The van der Waals surface area contributed by atoms with Crippen LogP contribution in [0.5, 0.6) is 0 Å². The zero-order chi connectivity index (χ0) is 44.4. The third kappa shape index (κ3) is 23.3. The molecular formula is C47H89N3O10. The van der Waals surface area contributed by atoms with Crippen molar-refractivity contribution in [3.8, 4) is 0 Å².